The number of benzene rings is 3. The van der Waals surface area contributed by atoms with Crippen molar-refractivity contribution in [1.29, 1.82) is 0 Å². The number of anilines is 3. The Hall–Kier alpha value is -3.80. The van der Waals surface area contributed by atoms with Crippen molar-refractivity contribution in [3.8, 4) is 0 Å². The molecule has 0 bridgehead atoms. The number of hydrogen-bond donors (Lipinski definition) is 2. The molecule has 3 aromatic rings. The van der Waals surface area contributed by atoms with Gasteiger partial charge >= 0.3 is 6.03 Å². The molecule has 1 aliphatic heterocycles. The zero-order chi connectivity index (χ0) is 23.5. The van der Waals surface area contributed by atoms with Crippen LogP contribution in [0.1, 0.15) is 30.4 Å². The number of hydrogen-bond acceptors (Lipinski definition) is 3. The lowest BCUT2D eigenvalue weighted by atomic mass is 10.0. The van der Waals surface area contributed by atoms with E-state index in [1.165, 1.54) is 0 Å². The Bertz CT molecular complexity index is 1160. The molecule has 6 nitrogen and oxygen atoms in total. The highest BCUT2D eigenvalue weighted by Crippen LogP contribution is 2.39. The number of nitrogens with one attached hydrogen (secondary N) is 2. The lowest BCUT2D eigenvalue weighted by Gasteiger charge is -2.25. The molecule has 2 aliphatic rings. The molecule has 5 rings (SSSR count). The predicted octanol–water partition coefficient (Wildman–Crippen LogP) is 5.48. The highest BCUT2D eigenvalue weighted by molar-refractivity contribution is 6.00. The molecule has 34 heavy (non-hydrogen) atoms. The lowest BCUT2D eigenvalue weighted by Crippen LogP contribution is -2.38. The predicted molar refractivity (Wildman–Crippen MR) is 136 cm³/mol. The van der Waals surface area contributed by atoms with Crippen molar-refractivity contribution >= 4 is 29.0 Å². The number of nitrogens with zero attached hydrogens (tertiary/aromatic N) is 2. The monoisotopic (exact) mass is 454 g/mol. The number of carbonyl (C=O) groups is 2. The second-order valence-corrected chi connectivity index (χ2v) is 9.20. The van der Waals surface area contributed by atoms with Crippen molar-refractivity contribution in [2.24, 2.45) is 5.92 Å². The van der Waals surface area contributed by atoms with Gasteiger partial charge in [0.05, 0.1) is 23.8 Å². The Morgan fingerprint density at radius 2 is 1.71 bits per heavy atom. The van der Waals surface area contributed by atoms with Gasteiger partial charge in [-0.05, 0) is 48.2 Å². The van der Waals surface area contributed by atoms with Gasteiger partial charge in [0.2, 0.25) is 5.91 Å². The van der Waals surface area contributed by atoms with Crippen LogP contribution in [0.4, 0.5) is 21.9 Å². The zero-order valence-corrected chi connectivity index (χ0v) is 19.4. The SMILES string of the molecule is CN(Cc1ccccc1)C(=O)Nc1ccc(CN2C(=O)C3CCCC3Nc3ccccc32)cc1. The maximum absolute atomic E-state index is 13.5. The molecule has 0 radical (unpaired) electrons. The van der Waals surface area contributed by atoms with E-state index in [4.69, 9.17) is 0 Å². The number of para-hydroxylation sites is 2. The van der Waals surface area contributed by atoms with E-state index in [1.54, 1.807) is 11.9 Å². The van der Waals surface area contributed by atoms with Gasteiger partial charge in [-0.25, -0.2) is 4.79 Å². The number of rotatable bonds is 5. The summed E-state index contributed by atoms with van der Waals surface area (Å²) in [7, 11) is 1.78. The Morgan fingerprint density at radius 1 is 0.971 bits per heavy atom. The summed E-state index contributed by atoms with van der Waals surface area (Å²) < 4.78 is 0. The van der Waals surface area contributed by atoms with E-state index < -0.39 is 0 Å². The van der Waals surface area contributed by atoms with Gasteiger partial charge in [0.15, 0.2) is 0 Å². The van der Waals surface area contributed by atoms with Crippen LogP contribution >= 0.6 is 0 Å². The highest BCUT2D eigenvalue weighted by Gasteiger charge is 2.39. The second-order valence-electron chi connectivity index (χ2n) is 9.20. The molecule has 0 spiro atoms. The summed E-state index contributed by atoms with van der Waals surface area (Å²) in [6.45, 7) is 1.04. The highest BCUT2D eigenvalue weighted by atomic mass is 16.2. The molecule has 2 atom stereocenters. The van der Waals surface area contributed by atoms with Gasteiger partial charge in [0.1, 0.15) is 0 Å². The van der Waals surface area contributed by atoms with Gasteiger partial charge in [-0.2, -0.15) is 0 Å². The maximum atomic E-state index is 13.5. The molecule has 3 aromatic carbocycles. The summed E-state index contributed by atoms with van der Waals surface area (Å²) in [6.07, 6.45) is 3.05. The fraction of sp³-hybridized carbons (Fsp3) is 0.286. The fourth-order valence-corrected chi connectivity index (χ4v) is 4.97. The van der Waals surface area contributed by atoms with E-state index in [0.29, 0.717) is 13.1 Å². The number of carbonyl (C=O) groups excluding carboxylic acids is 2. The van der Waals surface area contributed by atoms with Crippen molar-refractivity contribution in [2.45, 2.75) is 38.4 Å². The number of amides is 3. The van der Waals surface area contributed by atoms with E-state index in [9.17, 15) is 9.59 Å². The Balaban J connectivity index is 1.27. The van der Waals surface area contributed by atoms with Crippen molar-refractivity contribution < 1.29 is 9.59 Å². The fourth-order valence-electron chi connectivity index (χ4n) is 4.97. The molecule has 1 heterocycles. The molecule has 1 saturated carbocycles. The van der Waals surface area contributed by atoms with Crippen LogP contribution in [-0.2, 0) is 17.9 Å². The molecule has 174 valence electrons. The summed E-state index contributed by atoms with van der Waals surface area (Å²) in [4.78, 5) is 29.6. The first-order valence-corrected chi connectivity index (χ1v) is 11.9. The summed E-state index contributed by atoms with van der Waals surface area (Å²) in [5, 5.41) is 6.57. The van der Waals surface area contributed by atoms with Crippen LogP contribution in [0.15, 0.2) is 78.9 Å². The maximum Gasteiger partial charge on any atom is 0.321 e. The van der Waals surface area contributed by atoms with Gasteiger partial charge in [-0.3, -0.25) is 4.79 Å². The molecule has 2 N–H and O–H groups in total. The van der Waals surface area contributed by atoms with Gasteiger partial charge < -0.3 is 20.4 Å². The van der Waals surface area contributed by atoms with E-state index in [-0.39, 0.29) is 23.9 Å². The Kier molecular flexibility index (Phi) is 6.21. The minimum absolute atomic E-state index is 0.0195. The van der Waals surface area contributed by atoms with E-state index in [2.05, 4.69) is 16.7 Å². The molecule has 2 unspecified atom stereocenters. The Labute approximate surface area is 200 Å². The standard InChI is InChI=1S/C28H30N4O2/c1-31(18-20-8-3-2-4-9-20)28(34)29-22-16-14-21(15-17-22)19-32-26-13-6-5-11-25(26)30-24-12-7-10-23(24)27(32)33/h2-6,8-9,11,13-17,23-24,30H,7,10,12,18-19H2,1H3,(H,29,34). The molecule has 0 saturated heterocycles. The molecule has 1 aliphatic carbocycles. The van der Waals surface area contributed by atoms with E-state index >= 15 is 0 Å². The number of urea groups is 1. The third-order valence-electron chi connectivity index (χ3n) is 6.79. The first-order valence-electron chi connectivity index (χ1n) is 11.9. The first-order chi connectivity index (χ1) is 16.6. The average Bonchev–Trinajstić information content (AvgIpc) is 3.28. The third-order valence-corrected chi connectivity index (χ3v) is 6.79. The zero-order valence-electron chi connectivity index (χ0n) is 19.4. The minimum Gasteiger partial charge on any atom is -0.380 e. The van der Waals surface area contributed by atoms with Crippen molar-refractivity contribution in [3.05, 3.63) is 90.0 Å². The summed E-state index contributed by atoms with van der Waals surface area (Å²) in [5.41, 5.74) is 4.79. The van der Waals surface area contributed by atoms with Crippen LogP contribution < -0.4 is 15.5 Å². The second kappa shape index (κ2) is 9.59. The third kappa shape index (κ3) is 4.62. The normalized spacial score (nSPS) is 19.0. The smallest absolute Gasteiger partial charge is 0.321 e. The van der Waals surface area contributed by atoms with E-state index in [1.807, 2.05) is 77.7 Å². The van der Waals surface area contributed by atoms with Crippen LogP contribution in [0, 0.1) is 5.92 Å². The minimum atomic E-state index is -0.161. The van der Waals surface area contributed by atoms with Gasteiger partial charge in [0.25, 0.3) is 0 Å². The van der Waals surface area contributed by atoms with Crippen molar-refractivity contribution in [3.63, 3.8) is 0 Å². The quantitative estimate of drug-likeness (QED) is 0.537. The topological polar surface area (TPSA) is 64.7 Å². The molecule has 3 amide bonds. The molecular formula is C28H30N4O2. The summed E-state index contributed by atoms with van der Waals surface area (Å²) >= 11 is 0. The van der Waals surface area contributed by atoms with Crippen molar-refractivity contribution in [2.75, 3.05) is 22.6 Å². The first kappa shape index (κ1) is 22.0. The van der Waals surface area contributed by atoms with Gasteiger partial charge in [-0.15, -0.1) is 0 Å². The van der Waals surface area contributed by atoms with Crippen molar-refractivity contribution in [1.82, 2.24) is 4.90 Å². The number of fused-ring (bicyclic) bond motifs is 2. The lowest BCUT2D eigenvalue weighted by molar-refractivity contribution is -0.122. The molecule has 1 fully saturated rings. The van der Waals surface area contributed by atoms with Gasteiger partial charge in [-0.1, -0.05) is 61.0 Å². The molecule has 0 aromatic heterocycles. The van der Waals surface area contributed by atoms with Crippen LogP contribution in [0.5, 0.6) is 0 Å². The van der Waals surface area contributed by atoms with Crippen LogP contribution in [-0.4, -0.2) is 29.9 Å². The van der Waals surface area contributed by atoms with Gasteiger partial charge in [0, 0.05) is 25.3 Å². The summed E-state index contributed by atoms with van der Waals surface area (Å²) in [5.74, 6) is 0.214. The Morgan fingerprint density at radius 3 is 2.50 bits per heavy atom. The molecule has 6 heteroatoms. The van der Waals surface area contributed by atoms with Crippen LogP contribution in [0.25, 0.3) is 0 Å². The molecular weight excluding hydrogens is 424 g/mol. The van der Waals surface area contributed by atoms with E-state index in [0.717, 1.165) is 47.5 Å². The van der Waals surface area contributed by atoms with Crippen LogP contribution in [0.3, 0.4) is 0 Å². The average molecular weight is 455 g/mol. The van der Waals surface area contributed by atoms with Crippen LogP contribution in [0.2, 0.25) is 0 Å². The summed E-state index contributed by atoms with van der Waals surface area (Å²) in [6, 6.07) is 25.8. The largest absolute Gasteiger partial charge is 0.380 e.